The van der Waals surface area contributed by atoms with Crippen LogP contribution in [0.3, 0.4) is 0 Å². The highest BCUT2D eigenvalue weighted by molar-refractivity contribution is 7.09. The van der Waals surface area contributed by atoms with Gasteiger partial charge in [-0.05, 0) is 62.9 Å². The molecule has 4 unspecified atom stereocenters. The smallest absolute Gasteiger partial charge is 0.0580 e. The molecule has 1 aliphatic rings. The van der Waals surface area contributed by atoms with Crippen LogP contribution in [0.25, 0.3) is 0 Å². The lowest BCUT2D eigenvalue weighted by Crippen LogP contribution is -2.41. The fraction of sp³-hybridized carbons (Fsp3) is 0.750. The van der Waals surface area contributed by atoms with Crippen LogP contribution in [-0.2, 0) is 6.42 Å². The molecule has 0 amide bonds. The fourth-order valence-corrected chi connectivity index (χ4v) is 3.93. The number of hydrogen-bond donors (Lipinski definition) is 1. The minimum absolute atomic E-state index is 0.0902. The maximum absolute atomic E-state index is 10.1. The SMILES string of the molecule is CC1CCC(O)C(CN(C)C(C)Cc2cccs2)C1. The van der Waals surface area contributed by atoms with Gasteiger partial charge in [-0.1, -0.05) is 13.0 Å². The highest BCUT2D eigenvalue weighted by Crippen LogP contribution is 2.30. The van der Waals surface area contributed by atoms with E-state index in [0.717, 1.165) is 25.3 Å². The molecule has 1 aromatic rings. The quantitative estimate of drug-likeness (QED) is 0.894. The van der Waals surface area contributed by atoms with Gasteiger partial charge in [0.1, 0.15) is 0 Å². The van der Waals surface area contributed by atoms with Crippen molar-refractivity contribution in [2.24, 2.45) is 11.8 Å². The maximum Gasteiger partial charge on any atom is 0.0580 e. The third kappa shape index (κ3) is 4.30. The Morgan fingerprint density at radius 3 is 2.95 bits per heavy atom. The third-order valence-corrected chi connectivity index (χ3v) is 5.45. The average molecular weight is 281 g/mol. The molecule has 1 aromatic heterocycles. The van der Waals surface area contributed by atoms with E-state index in [9.17, 15) is 5.11 Å². The van der Waals surface area contributed by atoms with E-state index in [1.165, 1.54) is 17.7 Å². The summed E-state index contributed by atoms with van der Waals surface area (Å²) in [6, 6.07) is 4.88. The lowest BCUT2D eigenvalue weighted by Gasteiger charge is -2.36. The van der Waals surface area contributed by atoms with E-state index < -0.39 is 0 Å². The first-order chi connectivity index (χ1) is 9.06. The van der Waals surface area contributed by atoms with Crippen LogP contribution in [0.1, 0.15) is 38.0 Å². The molecule has 19 heavy (non-hydrogen) atoms. The third-order valence-electron chi connectivity index (χ3n) is 4.56. The molecule has 3 heteroatoms. The molecule has 2 nitrogen and oxygen atoms in total. The number of aliphatic hydroxyl groups is 1. The summed E-state index contributed by atoms with van der Waals surface area (Å²) in [7, 11) is 2.20. The molecule has 0 spiro atoms. The van der Waals surface area contributed by atoms with Crippen LogP contribution < -0.4 is 0 Å². The second-order valence-electron chi connectivity index (χ2n) is 6.32. The van der Waals surface area contributed by atoms with Crippen molar-refractivity contribution in [2.45, 2.75) is 51.7 Å². The summed E-state index contributed by atoms with van der Waals surface area (Å²) in [5, 5.41) is 12.3. The molecule has 1 aliphatic carbocycles. The zero-order valence-electron chi connectivity index (χ0n) is 12.4. The Labute approximate surface area is 121 Å². The molecule has 1 fully saturated rings. The van der Waals surface area contributed by atoms with Gasteiger partial charge in [-0.25, -0.2) is 0 Å². The van der Waals surface area contributed by atoms with Gasteiger partial charge in [-0.2, -0.15) is 0 Å². The molecular formula is C16H27NOS. The van der Waals surface area contributed by atoms with E-state index in [0.29, 0.717) is 12.0 Å². The lowest BCUT2D eigenvalue weighted by molar-refractivity contribution is 0.0291. The predicted molar refractivity (Wildman–Crippen MR) is 82.6 cm³/mol. The minimum Gasteiger partial charge on any atom is -0.393 e. The minimum atomic E-state index is -0.0902. The highest BCUT2D eigenvalue weighted by atomic mass is 32.1. The normalized spacial score (nSPS) is 29.6. The van der Waals surface area contributed by atoms with Crippen molar-refractivity contribution in [3.05, 3.63) is 22.4 Å². The van der Waals surface area contributed by atoms with Crippen molar-refractivity contribution in [3.63, 3.8) is 0 Å². The lowest BCUT2D eigenvalue weighted by atomic mass is 9.80. The molecule has 0 bridgehead atoms. The average Bonchev–Trinajstić information content (AvgIpc) is 2.86. The number of nitrogens with zero attached hydrogens (tertiary/aromatic N) is 1. The Hall–Kier alpha value is -0.380. The van der Waals surface area contributed by atoms with Gasteiger partial charge in [0.05, 0.1) is 6.10 Å². The van der Waals surface area contributed by atoms with Gasteiger partial charge < -0.3 is 10.0 Å². The molecular weight excluding hydrogens is 254 g/mol. The van der Waals surface area contributed by atoms with Gasteiger partial charge in [0, 0.05) is 17.5 Å². The molecule has 0 radical (unpaired) electrons. The van der Waals surface area contributed by atoms with Crippen LogP contribution in [0.5, 0.6) is 0 Å². The van der Waals surface area contributed by atoms with Crippen LogP contribution in [0.15, 0.2) is 17.5 Å². The summed E-state index contributed by atoms with van der Waals surface area (Å²) >= 11 is 1.84. The van der Waals surface area contributed by atoms with E-state index in [1.807, 2.05) is 11.3 Å². The van der Waals surface area contributed by atoms with Gasteiger partial charge in [-0.15, -0.1) is 11.3 Å². The predicted octanol–water partition coefficient (Wildman–Crippen LogP) is 3.41. The van der Waals surface area contributed by atoms with Crippen LogP contribution in [-0.4, -0.2) is 35.7 Å². The summed E-state index contributed by atoms with van der Waals surface area (Å²) < 4.78 is 0. The van der Waals surface area contributed by atoms with Gasteiger partial charge >= 0.3 is 0 Å². The number of likely N-dealkylation sites (N-methyl/N-ethyl adjacent to an activating group) is 1. The van der Waals surface area contributed by atoms with Crippen LogP contribution >= 0.6 is 11.3 Å². The topological polar surface area (TPSA) is 23.5 Å². The van der Waals surface area contributed by atoms with Gasteiger partial charge in [-0.3, -0.25) is 0 Å². The van der Waals surface area contributed by atoms with Gasteiger partial charge in [0.25, 0.3) is 0 Å². The second kappa shape index (κ2) is 6.87. The molecule has 0 aliphatic heterocycles. The molecule has 0 saturated heterocycles. The van der Waals surface area contributed by atoms with Gasteiger partial charge in [0.2, 0.25) is 0 Å². The first-order valence-electron chi connectivity index (χ1n) is 7.47. The summed E-state index contributed by atoms with van der Waals surface area (Å²) in [5.74, 6) is 1.23. The Balaban J connectivity index is 1.83. The second-order valence-corrected chi connectivity index (χ2v) is 7.35. The van der Waals surface area contributed by atoms with Crippen molar-refractivity contribution >= 4 is 11.3 Å². The molecule has 2 rings (SSSR count). The standard InChI is InChI=1S/C16H27NOS/c1-12-6-7-16(18)14(9-12)11-17(3)13(2)10-15-5-4-8-19-15/h4-5,8,12-14,16,18H,6-7,9-11H2,1-3H3. The van der Waals surface area contributed by atoms with Crippen LogP contribution in [0.4, 0.5) is 0 Å². The Morgan fingerprint density at radius 1 is 1.47 bits per heavy atom. The van der Waals surface area contributed by atoms with Crippen molar-refractivity contribution in [1.82, 2.24) is 4.90 Å². The van der Waals surface area contributed by atoms with Crippen LogP contribution in [0, 0.1) is 11.8 Å². The van der Waals surface area contributed by atoms with Crippen molar-refractivity contribution in [2.75, 3.05) is 13.6 Å². The highest BCUT2D eigenvalue weighted by Gasteiger charge is 2.28. The molecule has 1 saturated carbocycles. The number of aliphatic hydroxyl groups excluding tert-OH is 1. The number of rotatable bonds is 5. The summed E-state index contributed by atoms with van der Waals surface area (Å²) in [6.45, 7) is 5.63. The van der Waals surface area contributed by atoms with E-state index in [-0.39, 0.29) is 6.10 Å². The summed E-state index contributed by atoms with van der Waals surface area (Å²) in [4.78, 5) is 3.88. The monoisotopic (exact) mass is 281 g/mol. The Bertz CT molecular complexity index is 365. The van der Waals surface area contributed by atoms with Crippen molar-refractivity contribution in [3.8, 4) is 0 Å². The van der Waals surface area contributed by atoms with E-state index in [1.54, 1.807) is 0 Å². The maximum atomic E-state index is 10.1. The zero-order chi connectivity index (χ0) is 13.8. The van der Waals surface area contributed by atoms with Crippen LogP contribution in [0.2, 0.25) is 0 Å². The fourth-order valence-electron chi connectivity index (χ4n) is 3.10. The van der Waals surface area contributed by atoms with E-state index >= 15 is 0 Å². The molecule has 4 atom stereocenters. The first-order valence-corrected chi connectivity index (χ1v) is 8.35. The molecule has 108 valence electrons. The van der Waals surface area contributed by atoms with E-state index in [4.69, 9.17) is 0 Å². The van der Waals surface area contributed by atoms with Gasteiger partial charge in [0.15, 0.2) is 0 Å². The Kier molecular flexibility index (Phi) is 5.43. The Morgan fingerprint density at radius 2 is 2.26 bits per heavy atom. The van der Waals surface area contributed by atoms with Crippen molar-refractivity contribution < 1.29 is 5.11 Å². The van der Waals surface area contributed by atoms with Crippen molar-refractivity contribution in [1.29, 1.82) is 0 Å². The summed E-state index contributed by atoms with van der Waals surface area (Å²) in [6.07, 6.45) is 4.38. The zero-order valence-corrected chi connectivity index (χ0v) is 13.2. The first kappa shape index (κ1) is 15.0. The summed E-state index contributed by atoms with van der Waals surface area (Å²) in [5.41, 5.74) is 0. The van der Waals surface area contributed by atoms with E-state index in [2.05, 4.69) is 43.3 Å². The number of hydrogen-bond acceptors (Lipinski definition) is 3. The number of thiophene rings is 1. The largest absolute Gasteiger partial charge is 0.393 e. The molecule has 0 aromatic carbocycles. The molecule has 1 N–H and O–H groups in total. The molecule has 1 heterocycles.